The van der Waals surface area contributed by atoms with Gasteiger partial charge in [-0.05, 0) is 0 Å². The van der Waals surface area contributed by atoms with Crippen molar-refractivity contribution in [3.05, 3.63) is 11.1 Å². The molecule has 0 saturated carbocycles. The first-order valence-corrected chi connectivity index (χ1v) is 7.90. The molecule has 12 heteroatoms. The largest absolute Gasteiger partial charge is 0.370 e. The first-order valence-electron chi connectivity index (χ1n) is 5.86. The summed E-state index contributed by atoms with van der Waals surface area (Å²) >= 11 is 3.03. The molecule has 0 saturated heterocycles. The van der Waals surface area contributed by atoms with Crippen molar-refractivity contribution in [3.8, 4) is 0 Å². The highest BCUT2D eigenvalue weighted by Gasteiger charge is 2.06. The number of hydrogen-bond donors (Lipinski definition) is 5. The average Bonchev–Trinajstić information content (AvgIpc) is 2.80. The van der Waals surface area contributed by atoms with Gasteiger partial charge in [0.25, 0.3) is 0 Å². The van der Waals surface area contributed by atoms with Crippen LogP contribution in [0.2, 0.25) is 0 Å². The first kappa shape index (κ1) is 20.3. The van der Waals surface area contributed by atoms with Gasteiger partial charge in [-0.3, -0.25) is 10.7 Å². The van der Waals surface area contributed by atoms with Crippen LogP contribution in [0.15, 0.2) is 10.4 Å². The molecule has 1 aromatic rings. The Morgan fingerprint density at radius 2 is 2.23 bits per heavy atom. The molecule has 0 spiro atoms. The van der Waals surface area contributed by atoms with Crippen LogP contribution in [0.5, 0.6) is 0 Å². The maximum absolute atomic E-state index is 10.6. The van der Waals surface area contributed by atoms with Crippen molar-refractivity contribution in [3.63, 3.8) is 0 Å². The summed E-state index contributed by atoms with van der Waals surface area (Å²) in [6, 6.07) is -0.741. The van der Waals surface area contributed by atoms with E-state index in [2.05, 4.69) is 15.3 Å². The molecule has 0 fully saturated rings. The third-order valence-corrected chi connectivity index (χ3v) is 3.96. The summed E-state index contributed by atoms with van der Waals surface area (Å²) in [4.78, 5) is 20.3. The Morgan fingerprint density at radius 3 is 2.82 bits per heavy atom. The minimum absolute atomic E-state index is 0. The summed E-state index contributed by atoms with van der Waals surface area (Å²) in [5.74, 6) is 1.47. The molecule has 2 amide bonds. The maximum Gasteiger partial charge on any atom is 0.318 e. The molecule has 1 aromatic heterocycles. The molecule has 0 unspecified atom stereocenters. The molecule has 9 nitrogen and oxygen atoms in total. The number of rotatable bonds is 6. The van der Waals surface area contributed by atoms with Crippen molar-refractivity contribution in [1.82, 2.24) is 15.2 Å². The zero-order chi connectivity index (χ0) is 15.8. The van der Waals surface area contributed by atoms with Gasteiger partial charge >= 0.3 is 6.03 Å². The summed E-state index contributed by atoms with van der Waals surface area (Å²) in [5, 5.41) is 12.2. The van der Waals surface area contributed by atoms with E-state index in [9.17, 15) is 4.79 Å². The maximum atomic E-state index is 10.6. The van der Waals surface area contributed by atoms with E-state index in [1.165, 1.54) is 11.3 Å². The highest BCUT2D eigenvalue weighted by Crippen LogP contribution is 2.21. The molecule has 0 aliphatic heterocycles. The quantitative estimate of drug-likeness (QED) is 0.275. The number of thioether (sulfide) groups is 1. The molecule has 0 aliphatic carbocycles. The monoisotopic (exact) mass is 366 g/mol. The van der Waals surface area contributed by atoms with Crippen molar-refractivity contribution < 1.29 is 4.79 Å². The summed E-state index contributed by atoms with van der Waals surface area (Å²) in [6.07, 6.45) is 0. The van der Waals surface area contributed by atoms with Gasteiger partial charge in [0, 0.05) is 30.5 Å². The molecule has 1 rings (SSSR count). The Kier molecular flexibility index (Phi) is 9.29. The van der Waals surface area contributed by atoms with Gasteiger partial charge in [-0.15, -0.1) is 23.7 Å². The zero-order valence-electron chi connectivity index (χ0n) is 11.9. The van der Waals surface area contributed by atoms with Gasteiger partial charge in [-0.2, -0.15) is 16.8 Å². The fourth-order valence-corrected chi connectivity index (χ4v) is 2.94. The van der Waals surface area contributed by atoms with Gasteiger partial charge in [0.05, 0.1) is 5.69 Å². The van der Waals surface area contributed by atoms with Crippen LogP contribution in [0.1, 0.15) is 5.69 Å². The summed E-state index contributed by atoms with van der Waals surface area (Å²) in [7, 11) is 1.71. The summed E-state index contributed by atoms with van der Waals surface area (Å²) in [5.41, 5.74) is 16.4. The van der Waals surface area contributed by atoms with Crippen LogP contribution in [-0.2, 0) is 5.75 Å². The van der Waals surface area contributed by atoms with Crippen LogP contribution in [0.4, 0.5) is 9.93 Å². The van der Waals surface area contributed by atoms with E-state index in [1.807, 2.05) is 5.38 Å². The Morgan fingerprint density at radius 1 is 1.55 bits per heavy atom. The predicted molar refractivity (Wildman–Crippen MR) is 94.1 cm³/mol. The van der Waals surface area contributed by atoms with Crippen LogP contribution >= 0.6 is 35.5 Å². The van der Waals surface area contributed by atoms with E-state index in [1.54, 1.807) is 23.7 Å². The molecule has 1 heterocycles. The SMILES string of the molecule is CN(CCSCc1csc(N=C(N)N)n1)C(=N)NC(N)=O.Cl. The van der Waals surface area contributed by atoms with Crippen LogP contribution in [0, 0.1) is 5.41 Å². The number of halogens is 1. The third kappa shape index (κ3) is 7.90. The Hall–Kier alpha value is -1.72. The molecule has 124 valence electrons. The number of nitrogens with two attached hydrogens (primary N) is 3. The molecular weight excluding hydrogens is 348 g/mol. The van der Waals surface area contributed by atoms with Crippen molar-refractivity contribution in [1.29, 1.82) is 5.41 Å². The molecule has 0 radical (unpaired) electrons. The van der Waals surface area contributed by atoms with E-state index in [0.717, 1.165) is 17.2 Å². The molecular formula is C10H19ClN8OS2. The highest BCUT2D eigenvalue weighted by atomic mass is 35.5. The van der Waals surface area contributed by atoms with Gasteiger partial charge < -0.3 is 22.1 Å². The molecule has 0 atom stereocenters. The molecule has 0 aliphatic rings. The predicted octanol–water partition coefficient (Wildman–Crippen LogP) is 0.238. The van der Waals surface area contributed by atoms with E-state index in [4.69, 9.17) is 22.6 Å². The average molecular weight is 367 g/mol. The number of carbonyl (C=O) groups excluding carboxylic acids is 1. The van der Waals surface area contributed by atoms with Crippen LogP contribution in [0.3, 0.4) is 0 Å². The third-order valence-electron chi connectivity index (χ3n) is 2.21. The number of guanidine groups is 2. The number of primary amides is 1. The van der Waals surface area contributed by atoms with Crippen molar-refractivity contribution >= 4 is 58.6 Å². The lowest BCUT2D eigenvalue weighted by Gasteiger charge is -2.18. The molecule has 22 heavy (non-hydrogen) atoms. The number of nitrogens with zero attached hydrogens (tertiary/aromatic N) is 3. The minimum Gasteiger partial charge on any atom is -0.370 e. The van der Waals surface area contributed by atoms with Gasteiger partial charge in [0.15, 0.2) is 11.9 Å². The summed E-state index contributed by atoms with van der Waals surface area (Å²) < 4.78 is 0. The van der Waals surface area contributed by atoms with Gasteiger partial charge in [-0.25, -0.2) is 9.78 Å². The number of nitrogens with one attached hydrogen (secondary N) is 2. The first-order chi connectivity index (χ1) is 9.88. The normalized spacial score (nSPS) is 9.50. The zero-order valence-corrected chi connectivity index (χ0v) is 14.4. The van der Waals surface area contributed by atoms with Crippen LogP contribution < -0.4 is 22.5 Å². The fourth-order valence-electron chi connectivity index (χ4n) is 1.23. The van der Waals surface area contributed by atoms with E-state index in [0.29, 0.717) is 11.7 Å². The fraction of sp³-hybridized carbons (Fsp3) is 0.400. The summed E-state index contributed by atoms with van der Waals surface area (Å²) in [6.45, 7) is 0.606. The Bertz CT molecular complexity index is 531. The van der Waals surface area contributed by atoms with Crippen molar-refractivity contribution in [2.45, 2.75) is 5.75 Å². The number of hydrogen-bond acceptors (Lipinski definition) is 6. The standard InChI is InChI=1S/C10H18N8OS2.ClH/c1-18(8(13)17-9(14)19)2-3-20-4-6-5-21-10(15-6)16-7(11)12;/h5H,2-4H2,1H3,(H4,11,12,15,16)(H4,13,14,17,19);1H. The topological polar surface area (TPSA) is 160 Å². The van der Waals surface area contributed by atoms with Crippen LogP contribution in [0.25, 0.3) is 0 Å². The smallest absolute Gasteiger partial charge is 0.318 e. The lowest BCUT2D eigenvalue weighted by Crippen LogP contribution is -2.44. The van der Waals surface area contributed by atoms with E-state index < -0.39 is 6.03 Å². The second-order valence-electron chi connectivity index (χ2n) is 3.97. The number of amides is 2. The molecule has 8 N–H and O–H groups in total. The van der Waals surface area contributed by atoms with E-state index in [-0.39, 0.29) is 24.3 Å². The van der Waals surface area contributed by atoms with E-state index >= 15 is 0 Å². The lowest BCUT2D eigenvalue weighted by molar-refractivity contribution is 0.252. The Labute approximate surface area is 142 Å². The lowest BCUT2D eigenvalue weighted by atomic mass is 10.6. The number of aliphatic imine (C=N–C) groups is 1. The second kappa shape index (κ2) is 10.1. The minimum atomic E-state index is -0.741. The van der Waals surface area contributed by atoms with Gasteiger partial charge in [0.2, 0.25) is 5.13 Å². The van der Waals surface area contributed by atoms with Crippen molar-refractivity contribution in [2.24, 2.45) is 22.2 Å². The molecule has 0 aromatic carbocycles. The number of carbonyl (C=O) groups is 1. The number of thiazole rings is 1. The second-order valence-corrected chi connectivity index (χ2v) is 5.91. The van der Waals surface area contributed by atoms with Crippen LogP contribution in [-0.4, -0.2) is 47.2 Å². The molecule has 0 bridgehead atoms. The number of aromatic nitrogens is 1. The Balaban J connectivity index is 0.00000441. The van der Waals surface area contributed by atoms with Crippen molar-refractivity contribution in [2.75, 3.05) is 19.3 Å². The van der Waals surface area contributed by atoms with Gasteiger partial charge in [0.1, 0.15) is 0 Å². The van der Waals surface area contributed by atoms with Gasteiger partial charge in [-0.1, -0.05) is 0 Å². The highest BCUT2D eigenvalue weighted by molar-refractivity contribution is 7.98. The number of urea groups is 1.